The first-order valence-corrected chi connectivity index (χ1v) is 27.6. The Kier molecular flexibility index (Phi) is 26.4. The lowest BCUT2D eigenvalue weighted by Gasteiger charge is -2.38. The number of piperidine rings is 1. The monoisotopic (exact) mass is 1120 g/mol. The second-order valence-corrected chi connectivity index (χ2v) is 20.1. The summed E-state index contributed by atoms with van der Waals surface area (Å²) < 4.78 is 81.0. The third-order valence-corrected chi connectivity index (χ3v) is 14.1. The van der Waals surface area contributed by atoms with Crippen molar-refractivity contribution >= 4 is 23.7 Å². The Morgan fingerprint density at radius 2 is 1.41 bits per heavy atom. The summed E-state index contributed by atoms with van der Waals surface area (Å²) in [5.74, 6) is -0.686. The molecule has 0 bridgehead atoms. The van der Waals surface area contributed by atoms with Crippen LogP contribution in [0, 0.1) is 17.8 Å². The highest BCUT2D eigenvalue weighted by Gasteiger charge is 2.40. The standard InChI is InChI=1S/C54H81F3N10O12/c1-38(53(71)72)52(41-3-4-41)42-5-2-39-6-8-46(78-48(39)33-42)40-10-19-66(20-11-40)34-43-32-45(7-9-47(43)79-54(55,56)57)67-35-44(63-64-67)36-76-30-28-74-26-24-73-25-27-75-29-31-77-37-51(70)62-18-23-65(21-12-49(68)60-16-14-58)22-13-50(69)61-17-15-59/h2,5,7,9,32-33,35,38,40-41,46,52H,3-4,6,8,10-31,34,36-37,58-59H2,1H3,(H,60,68)(H,61,69)(H,62,70)(H,71,72)/t38-,46+,52-/m0/s1. The number of halogens is 3. The van der Waals surface area contributed by atoms with Crippen molar-refractivity contribution in [1.82, 2.24) is 40.7 Å². The minimum Gasteiger partial charge on any atom is -0.490 e. The number of aliphatic carboxylic acids is 1. The fourth-order valence-corrected chi connectivity index (χ4v) is 9.77. The summed E-state index contributed by atoms with van der Waals surface area (Å²) >= 11 is 0. The summed E-state index contributed by atoms with van der Waals surface area (Å²) in [5.41, 5.74) is 14.5. The van der Waals surface area contributed by atoms with E-state index in [1.165, 1.54) is 16.8 Å². The van der Waals surface area contributed by atoms with Crippen LogP contribution in [0.4, 0.5) is 13.2 Å². The number of carbonyl (C=O) groups excluding carboxylic acids is 3. The van der Waals surface area contributed by atoms with E-state index in [1.54, 1.807) is 19.2 Å². The molecule has 1 saturated heterocycles. The van der Waals surface area contributed by atoms with Crippen LogP contribution < -0.4 is 36.9 Å². The first-order chi connectivity index (χ1) is 38.2. The summed E-state index contributed by atoms with van der Waals surface area (Å²) in [4.78, 5) is 52.4. The molecule has 1 aliphatic carbocycles. The van der Waals surface area contributed by atoms with E-state index in [1.807, 2.05) is 4.90 Å². The van der Waals surface area contributed by atoms with Gasteiger partial charge in [-0.1, -0.05) is 24.3 Å². The van der Waals surface area contributed by atoms with Gasteiger partial charge in [-0.2, -0.15) is 0 Å². The minimum absolute atomic E-state index is 0.00201. The molecule has 6 rings (SSSR count). The highest BCUT2D eigenvalue weighted by molar-refractivity contribution is 5.77. The van der Waals surface area contributed by atoms with Crippen LogP contribution in [0.2, 0.25) is 0 Å². The van der Waals surface area contributed by atoms with Gasteiger partial charge in [0, 0.05) is 77.3 Å². The summed E-state index contributed by atoms with van der Waals surface area (Å²) in [6.07, 6.45) is 2.70. The van der Waals surface area contributed by atoms with E-state index in [0.717, 1.165) is 55.4 Å². The number of fused-ring (bicyclic) bond motifs is 1. The minimum atomic E-state index is -4.87. The number of aromatic nitrogens is 3. The smallest absolute Gasteiger partial charge is 0.490 e. The summed E-state index contributed by atoms with van der Waals surface area (Å²) in [6.45, 7) is 8.78. The number of carbonyl (C=O) groups is 4. The second-order valence-electron chi connectivity index (χ2n) is 20.1. The molecule has 440 valence electrons. The number of hydrogen-bond donors (Lipinski definition) is 6. The molecule has 2 aliphatic heterocycles. The molecular formula is C54H81F3N10O12. The zero-order chi connectivity index (χ0) is 56.4. The van der Waals surface area contributed by atoms with E-state index in [2.05, 4.69) is 54.1 Å². The molecule has 3 atom stereocenters. The number of rotatable bonds is 38. The Morgan fingerprint density at radius 1 is 0.785 bits per heavy atom. The summed E-state index contributed by atoms with van der Waals surface area (Å²) in [6, 6.07) is 10.7. The van der Waals surface area contributed by atoms with Crippen LogP contribution >= 0.6 is 0 Å². The molecular weight excluding hydrogens is 1040 g/mol. The van der Waals surface area contributed by atoms with Crippen LogP contribution in [0.15, 0.2) is 42.6 Å². The number of carboxylic acids is 1. The first-order valence-electron chi connectivity index (χ1n) is 27.6. The lowest BCUT2D eigenvalue weighted by Crippen LogP contribution is -2.40. The van der Waals surface area contributed by atoms with Gasteiger partial charge in [0.2, 0.25) is 17.7 Å². The predicted molar refractivity (Wildman–Crippen MR) is 283 cm³/mol. The average molecular weight is 1120 g/mol. The van der Waals surface area contributed by atoms with E-state index in [4.69, 9.17) is 39.9 Å². The molecule has 0 unspecified atom stereocenters. The van der Waals surface area contributed by atoms with E-state index < -0.39 is 18.2 Å². The average Bonchev–Trinajstić information content (AvgIpc) is 4.16. The molecule has 3 heterocycles. The number of hydrogen-bond acceptors (Lipinski definition) is 17. The number of benzene rings is 2. The molecule has 1 aromatic heterocycles. The Bertz CT molecular complexity index is 2310. The van der Waals surface area contributed by atoms with E-state index in [9.17, 15) is 37.5 Å². The highest BCUT2D eigenvalue weighted by atomic mass is 19.4. The van der Waals surface area contributed by atoms with Crippen LogP contribution in [-0.4, -0.2) is 191 Å². The van der Waals surface area contributed by atoms with Crippen LogP contribution in [0.1, 0.15) is 80.2 Å². The normalized spacial score (nSPS) is 16.7. The number of nitrogens with one attached hydrogen (secondary N) is 3. The molecule has 79 heavy (non-hydrogen) atoms. The Labute approximate surface area is 460 Å². The highest BCUT2D eigenvalue weighted by Crippen LogP contribution is 2.48. The molecule has 25 heteroatoms. The van der Waals surface area contributed by atoms with E-state index in [-0.39, 0.29) is 93.8 Å². The zero-order valence-electron chi connectivity index (χ0n) is 45.4. The lowest BCUT2D eigenvalue weighted by atomic mass is 9.81. The number of amides is 3. The van der Waals surface area contributed by atoms with Crippen molar-refractivity contribution in [3.63, 3.8) is 0 Å². The summed E-state index contributed by atoms with van der Waals surface area (Å²) in [5, 5.41) is 26.4. The van der Waals surface area contributed by atoms with Gasteiger partial charge in [0.15, 0.2) is 0 Å². The van der Waals surface area contributed by atoms with Crippen molar-refractivity contribution in [2.45, 2.75) is 89.8 Å². The molecule has 1 saturated carbocycles. The van der Waals surface area contributed by atoms with Gasteiger partial charge in [0.25, 0.3) is 0 Å². The molecule has 0 radical (unpaired) electrons. The maximum atomic E-state index is 13.6. The molecule has 22 nitrogen and oxygen atoms in total. The fraction of sp³-hybridized carbons (Fsp3) is 0.667. The largest absolute Gasteiger partial charge is 0.573 e. The number of nitrogens with two attached hydrogens (primary N) is 2. The van der Waals surface area contributed by atoms with Gasteiger partial charge >= 0.3 is 12.3 Å². The zero-order valence-corrected chi connectivity index (χ0v) is 45.4. The number of aryl methyl sites for hydroxylation is 1. The molecule has 3 aliphatic rings. The molecule has 0 spiro atoms. The molecule has 2 fully saturated rings. The Balaban J connectivity index is 0.810. The number of ether oxygens (including phenoxy) is 7. The Hall–Kier alpha value is -5.51. The van der Waals surface area contributed by atoms with Gasteiger partial charge in [-0.3, -0.25) is 24.1 Å². The van der Waals surface area contributed by atoms with Crippen molar-refractivity contribution in [2.75, 3.05) is 125 Å². The predicted octanol–water partition coefficient (Wildman–Crippen LogP) is 2.92. The number of alkyl halides is 3. The van der Waals surface area contributed by atoms with Crippen molar-refractivity contribution in [1.29, 1.82) is 0 Å². The number of likely N-dealkylation sites (tertiary alicyclic amines) is 1. The van der Waals surface area contributed by atoms with E-state index in [0.29, 0.717) is 121 Å². The molecule has 3 amide bonds. The SMILES string of the molecule is C[C@H](C(=O)O)[C@H](c1ccc2c(c1)O[C@@H](C1CCN(Cc3cc(-n4cc(COCCOCCOCCOCCOCC(=O)NCCN(CCC(=O)NCCN)CCC(=O)NCCN)nn4)ccc3OC(F)(F)F)CC1)CC2)C1CC1. The lowest BCUT2D eigenvalue weighted by molar-refractivity contribution is -0.275. The van der Waals surface area contributed by atoms with Gasteiger partial charge in [0.1, 0.15) is 29.9 Å². The van der Waals surface area contributed by atoms with Crippen molar-refractivity contribution in [3.8, 4) is 17.2 Å². The fourth-order valence-electron chi connectivity index (χ4n) is 9.77. The van der Waals surface area contributed by atoms with Crippen LogP contribution in [-0.2, 0) is 62.4 Å². The maximum absolute atomic E-state index is 13.6. The van der Waals surface area contributed by atoms with Crippen molar-refractivity contribution in [2.24, 2.45) is 29.2 Å². The summed E-state index contributed by atoms with van der Waals surface area (Å²) in [7, 11) is 0. The van der Waals surface area contributed by atoms with Crippen molar-refractivity contribution < 1.29 is 70.6 Å². The van der Waals surface area contributed by atoms with Crippen molar-refractivity contribution in [3.05, 3.63) is 65.0 Å². The van der Waals surface area contributed by atoms with E-state index >= 15 is 0 Å². The Morgan fingerprint density at radius 3 is 2.01 bits per heavy atom. The second kappa shape index (κ2) is 33.3. The first kappa shape index (κ1) is 62.7. The van der Waals surface area contributed by atoms with Crippen LogP contribution in [0.25, 0.3) is 5.69 Å². The molecule has 8 N–H and O–H groups in total. The topological polar surface area (TPSA) is 278 Å². The van der Waals surface area contributed by atoms with Gasteiger partial charge < -0.3 is 70.6 Å². The molecule has 3 aromatic rings. The number of carboxylic acid groups (broad SMARTS) is 1. The third-order valence-electron chi connectivity index (χ3n) is 14.1. The van der Waals surface area contributed by atoms with Gasteiger partial charge in [-0.05, 0) is 105 Å². The van der Waals surface area contributed by atoms with Crippen LogP contribution in [0.5, 0.6) is 11.5 Å². The number of nitrogens with zero attached hydrogens (tertiary/aromatic N) is 5. The molecule has 2 aromatic carbocycles. The quantitative estimate of drug-likeness (QED) is 0.0450. The van der Waals surface area contributed by atoms with Gasteiger partial charge in [-0.25, -0.2) is 4.68 Å². The maximum Gasteiger partial charge on any atom is 0.573 e. The van der Waals surface area contributed by atoms with Gasteiger partial charge in [0.05, 0.1) is 77.3 Å². The van der Waals surface area contributed by atoms with Crippen LogP contribution in [0.3, 0.4) is 0 Å². The van der Waals surface area contributed by atoms with Gasteiger partial charge in [-0.15, -0.1) is 18.3 Å². The third kappa shape index (κ3) is 22.5.